The normalized spacial score (nSPS) is 13.1. The molecule has 0 aliphatic heterocycles. The molecule has 0 aliphatic rings. The number of thiazole rings is 1. The lowest BCUT2D eigenvalue weighted by molar-refractivity contribution is -0.141. The number of ketones is 1. The van der Waals surface area contributed by atoms with Crippen molar-refractivity contribution in [1.29, 1.82) is 0 Å². The number of hydrogen-bond donors (Lipinski definition) is 2. The molecule has 3 rings (SSSR count). The van der Waals surface area contributed by atoms with Crippen LogP contribution in [-0.2, 0) is 15.8 Å². The zero-order valence-corrected chi connectivity index (χ0v) is 18.8. The maximum absolute atomic E-state index is 13.5. The number of carbonyl (C=O) groups excluding carboxylic acids is 3. The van der Waals surface area contributed by atoms with Gasteiger partial charge < -0.3 is 10.6 Å². The minimum Gasteiger partial charge on any atom is -0.344 e. The highest BCUT2D eigenvalue weighted by Crippen LogP contribution is 2.37. The summed E-state index contributed by atoms with van der Waals surface area (Å²) in [4.78, 5) is 40.2. The highest BCUT2D eigenvalue weighted by atomic mass is 32.1. The molecule has 1 heterocycles. The Morgan fingerprint density at radius 1 is 0.941 bits per heavy atom. The Morgan fingerprint density at radius 2 is 1.56 bits per heavy atom. The monoisotopic (exact) mass is 493 g/mol. The van der Waals surface area contributed by atoms with Crippen molar-refractivity contribution in [2.45, 2.75) is 32.0 Å². The van der Waals surface area contributed by atoms with Gasteiger partial charge in [0.05, 0.1) is 5.92 Å². The quantitative estimate of drug-likeness (QED) is 0.366. The van der Waals surface area contributed by atoms with Crippen molar-refractivity contribution in [3.63, 3.8) is 0 Å². The number of halogens is 4. The van der Waals surface area contributed by atoms with Crippen molar-refractivity contribution in [2.75, 3.05) is 5.32 Å². The number of hydrogen-bond acceptors (Lipinski definition) is 5. The average molecular weight is 493 g/mol. The highest BCUT2D eigenvalue weighted by Gasteiger charge is 2.40. The number of aromatic nitrogens is 1. The van der Waals surface area contributed by atoms with Crippen LogP contribution < -0.4 is 10.6 Å². The number of rotatable bonds is 7. The Labute approximate surface area is 196 Å². The predicted octanol–water partition coefficient (Wildman–Crippen LogP) is 4.78. The summed E-state index contributed by atoms with van der Waals surface area (Å²) in [7, 11) is 0. The van der Waals surface area contributed by atoms with Crippen molar-refractivity contribution in [2.24, 2.45) is 0 Å². The van der Waals surface area contributed by atoms with Crippen LogP contribution in [0.5, 0.6) is 0 Å². The molecule has 2 amide bonds. The number of alkyl halides is 3. The fourth-order valence-electron chi connectivity index (χ4n) is 2.96. The lowest BCUT2D eigenvalue weighted by Crippen LogP contribution is -2.43. The summed E-state index contributed by atoms with van der Waals surface area (Å²) >= 11 is 0.342. The Kier molecular flexibility index (Phi) is 7.45. The summed E-state index contributed by atoms with van der Waals surface area (Å²) in [5.74, 6) is -3.48. The van der Waals surface area contributed by atoms with E-state index in [1.807, 2.05) is 0 Å². The summed E-state index contributed by atoms with van der Waals surface area (Å²) in [6.07, 6.45) is -4.96. The van der Waals surface area contributed by atoms with E-state index in [4.69, 9.17) is 0 Å². The molecule has 178 valence electrons. The third-order valence-electron chi connectivity index (χ3n) is 4.88. The van der Waals surface area contributed by atoms with Crippen LogP contribution in [0.1, 0.15) is 46.3 Å². The summed E-state index contributed by atoms with van der Waals surface area (Å²) in [5, 5.41) is 4.26. The Hall–Kier alpha value is -3.60. The second-order valence-corrected chi connectivity index (χ2v) is 8.38. The number of anilines is 1. The third kappa shape index (κ3) is 5.84. The second kappa shape index (κ2) is 10.1. The molecule has 6 nitrogen and oxygen atoms in total. The number of nitrogens with zero attached hydrogens (tertiary/aromatic N) is 1. The van der Waals surface area contributed by atoms with Crippen LogP contribution in [-0.4, -0.2) is 28.6 Å². The third-order valence-corrected chi connectivity index (χ3v) is 5.85. The molecule has 2 atom stereocenters. The SMILES string of the molecule is CC(NC(=O)C(C)c1ccccc1)C(=O)Nc1nc(C(F)(F)F)c(C(=O)c2ccc(F)cc2)s1. The van der Waals surface area contributed by atoms with Crippen molar-refractivity contribution in [3.8, 4) is 0 Å². The summed E-state index contributed by atoms with van der Waals surface area (Å²) in [6.45, 7) is 3.02. The first kappa shape index (κ1) is 25.0. The fourth-order valence-corrected chi connectivity index (χ4v) is 3.91. The minimum atomic E-state index is -4.96. The molecule has 34 heavy (non-hydrogen) atoms. The summed E-state index contributed by atoms with van der Waals surface area (Å²) in [6, 6.07) is 11.8. The van der Waals surface area contributed by atoms with Crippen LogP contribution in [0.2, 0.25) is 0 Å². The first-order chi connectivity index (χ1) is 16.0. The summed E-state index contributed by atoms with van der Waals surface area (Å²) in [5.41, 5.74) is -0.897. The van der Waals surface area contributed by atoms with Crippen LogP contribution in [0.15, 0.2) is 54.6 Å². The van der Waals surface area contributed by atoms with Gasteiger partial charge in [-0.2, -0.15) is 13.2 Å². The molecule has 0 bridgehead atoms. The van der Waals surface area contributed by atoms with E-state index in [-0.39, 0.29) is 5.56 Å². The Bertz CT molecular complexity index is 1190. The molecule has 2 unspecified atom stereocenters. The van der Waals surface area contributed by atoms with Crippen LogP contribution in [0, 0.1) is 5.82 Å². The highest BCUT2D eigenvalue weighted by molar-refractivity contribution is 7.18. The topological polar surface area (TPSA) is 88.2 Å². The van der Waals surface area contributed by atoms with Gasteiger partial charge in [-0.25, -0.2) is 9.37 Å². The zero-order chi connectivity index (χ0) is 25.0. The molecule has 3 aromatic rings. The molecule has 0 fully saturated rings. The zero-order valence-electron chi connectivity index (χ0n) is 17.9. The molecule has 2 aromatic carbocycles. The van der Waals surface area contributed by atoms with Gasteiger partial charge in [0.1, 0.15) is 16.7 Å². The van der Waals surface area contributed by atoms with Crippen LogP contribution in [0.25, 0.3) is 0 Å². The van der Waals surface area contributed by atoms with E-state index in [0.717, 1.165) is 29.8 Å². The first-order valence-electron chi connectivity index (χ1n) is 10.0. The van der Waals surface area contributed by atoms with Crippen molar-refractivity contribution < 1.29 is 31.9 Å². The lowest BCUT2D eigenvalue weighted by atomic mass is 10.0. The molecule has 0 saturated heterocycles. The van der Waals surface area contributed by atoms with Gasteiger partial charge >= 0.3 is 6.18 Å². The smallest absolute Gasteiger partial charge is 0.344 e. The van der Waals surface area contributed by atoms with Crippen molar-refractivity contribution in [1.82, 2.24) is 10.3 Å². The van der Waals surface area contributed by atoms with E-state index in [2.05, 4.69) is 15.6 Å². The van der Waals surface area contributed by atoms with Gasteiger partial charge in [-0.1, -0.05) is 41.7 Å². The number of amides is 2. The van der Waals surface area contributed by atoms with Crippen LogP contribution in [0.4, 0.5) is 22.7 Å². The molecular weight excluding hydrogens is 474 g/mol. The van der Waals surface area contributed by atoms with Crippen molar-refractivity contribution in [3.05, 3.63) is 82.1 Å². The van der Waals surface area contributed by atoms with Crippen LogP contribution in [0.3, 0.4) is 0 Å². The van der Waals surface area contributed by atoms with E-state index in [0.29, 0.717) is 11.3 Å². The van der Waals surface area contributed by atoms with Gasteiger partial charge in [0, 0.05) is 5.56 Å². The Morgan fingerprint density at radius 3 is 2.15 bits per heavy atom. The maximum atomic E-state index is 13.5. The van der Waals surface area contributed by atoms with E-state index >= 15 is 0 Å². The largest absolute Gasteiger partial charge is 0.435 e. The molecular formula is C23H19F4N3O3S. The summed E-state index contributed by atoms with van der Waals surface area (Å²) < 4.78 is 53.5. The van der Waals surface area contributed by atoms with Gasteiger partial charge in [0.15, 0.2) is 10.8 Å². The van der Waals surface area contributed by atoms with E-state index in [1.165, 1.54) is 6.92 Å². The molecule has 0 saturated carbocycles. The van der Waals surface area contributed by atoms with Crippen molar-refractivity contribution >= 4 is 34.1 Å². The second-order valence-electron chi connectivity index (χ2n) is 7.38. The standard InChI is InChI=1S/C23H19F4N3O3S/c1-12(14-6-4-3-5-7-14)20(32)28-13(2)21(33)30-22-29-19(23(25,26)27)18(34-22)17(31)15-8-10-16(24)11-9-15/h3-13H,1-2H3,(H,28,32)(H,29,30,33). The molecule has 0 spiro atoms. The van der Waals surface area contributed by atoms with E-state index in [1.54, 1.807) is 37.3 Å². The number of benzene rings is 2. The van der Waals surface area contributed by atoms with Crippen LogP contribution >= 0.6 is 11.3 Å². The van der Waals surface area contributed by atoms with Gasteiger partial charge in [-0.15, -0.1) is 0 Å². The average Bonchev–Trinajstić information content (AvgIpc) is 3.23. The van der Waals surface area contributed by atoms with E-state index in [9.17, 15) is 31.9 Å². The van der Waals surface area contributed by atoms with E-state index < -0.39 is 57.3 Å². The number of carbonyl (C=O) groups is 3. The molecule has 1 aromatic heterocycles. The fraction of sp³-hybridized carbons (Fsp3) is 0.217. The minimum absolute atomic E-state index is 0.163. The molecule has 0 radical (unpaired) electrons. The Balaban J connectivity index is 1.75. The first-order valence-corrected chi connectivity index (χ1v) is 10.8. The maximum Gasteiger partial charge on any atom is 0.435 e. The van der Waals surface area contributed by atoms with Gasteiger partial charge in [-0.05, 0) is 43.7 Å². The predicted molar refractivity (Wildman–Crippen MR) is 118 cm³/mol. The molecule has 11 heteroatoms. The molecule has 2 N–H and O–H groups in total. The van der Waals surface area contributed by atoms with Gasteiger partial charge in [0.2, 0.25) is 17.6 Å². The lowest BCUT2D eigenvalue weighted by Gasteiger charge is -2.17. The van der Waals surface area contributed by atoms with Gasteiger partial charge in [-0.3, -0.25) is 14.4 Å². The van der Waals surface area contributed by atoms with Gasteiger partial charge in [0.25, 0.3) is 0 Å². The molecule has 0 aliphatic carbocycles. The number of nitrogens with one attached hydrogen (secondary N) is 2.